The van der Waals surface area contributed by atoms with Crippen molar-refractivity contribution in [1.29, 1.82) is 0 Å². The molecular weight excluding hydrogens is 362 g/mol. The number of nitrogens with one attached hydrogen (secondary N) is 1. The van der Waals surface area contributed by atoms with E-state index in [1.54, 1.807) is 23.1 Å². The minimum atomic E-state index is -0.960. The van der Waals surface area contributed by atoms with E-state index in [9.17, 15) is 19.2 Å². The number of amides is 1. The van der Waals surface area contributed by atoms with Crippen molar-refractivity contribution in [2.75, 3.05) is 0 Å². The summed E-state index contributed by atoms with van der Waals surface area (Å²) in [6, 6.07) is 6.56. The Morgan fingerprint density at radius 2 is 1.75 bits per heavy atom. The lowest BCUT2D eigenvalue weighted by atomic mass is 9.97. The first-order chi connectivity index (χ1) is 13.3. The van der Waals surface area contributed by atoms with E-state index >= 15 is 0 Å². The lowest BCUT2D eigenvalue weighted by Gasteiger charge is -2.40. The number of ether oxygens (including phenoxy) is 1. The Balaban J connectivity index is 1.73. The molecule has 2 heterocycles. The second kappa shape index (κ2) is 8.00. The van der Waals surface area contributed by atoms with E-state index in [0.29, 0.717) is 0 Å². The molecule has 0 bridgehead atoms. The zero-order chi connectivity index (χ0) is 20.4. The van der Waals surface area contributed by atoms with Crippen molar-refractivity contribution in [2.45, 2.75) is 64.8 Å². The summed E-state index contributed by atoms with van der Waals surface area (Å²) in [5, 5.41) is 2.86. The summed E-state index contributed by atoms with van der Waals surface area (Å²) < 4.78 is 6.17. The number of aromatic amines is 1. The van der Waals surface area contributed by atoms with Gasteiger partial charge in [0.05, 0.1) is 10.8 Å². The maximum Gasteiger partial charge on any atom is 0.328 e. The molecule has 28 heavy (non-hydrogen) atoms. The van der Waals surface area contributed by atoms with Crippen molar-refractivity contribution >= 4 is 22.6 Å². The fourth-order valence-corrected chi connectivity index (χ4v) is 3.84. The van der Waals surface area contributed by atoms with Crippen molar-refractivity contribution in [2.24, 2.45) is 0 Å². The van der Waals surface area contributed by atoms with Gasteiger partial charge in [0.1, 0.15) is 6.54 Å². The number of carbonyl (C=O) groups is 2. The van der Waals surface area contributed by atoms with Crippen LogP contribution in [0.4, 0.5) is 0 Å². The number of esters is 1. The molecule has 3 rings (SSSR count). The average Bonchev–Trinajstić information content (AvgIpc) is 2.65. The normalized spacial score (nSPS) is 20.8. The fourth-order valence-electron chi connectivity index (χ4n) is 3.84. The quantitative estimate of drug-likeness (QED) is 0.800. The third-order valence-electron chi connectivity index (χ3n) is 5.27. The Kier molecular flexibility index (Phi) is 5.67. The van der Waals surface area contributed by atoms with Gasteiger partial charge in [-0.3, -0.25) is 24.3 Å². The molecule has 0 spiro atoms. The second-order valence-corrected chi connectivity index (χ2v) is 7.38. The zero-order valence-corrected chi connectivity index (χ0v) is 16.3. The van der Waals surface area contributed by atoms with Crippen LogP contribution < -0.4 is 11.1 Å². The number of hydrogen-bond acceptors (Lipinski definition) is 5. The van der Waals surface area contributed by atoms with Gasteiger partial charge in [-0.05, 0) is 52.2 Å². The molecule has 0 radical (unpaired) electrons. The van der Waals surface area contributed by atoms with Crippen molar-refractivity contribution in [3.8, 4) is 0 Å². The van der Waals surface area contributed by atoms with Crippen molar-refractivity contribution in [3.63, 3.8) is 0 Å². The SMILES string of the molecule is C[C@@H]1CCC[C@H](C)N1C(=O)[C@@H](C)OC(=O)Cn1[nH]c(=O)c2ccccc2c1=O. The Bertz CT molecular complexity index is 999. The lowest BCUT2D eigenvalue weighted by molar-refractivity contribution is -0.162. The number of hydrogen-bond donors (Lipinski definition) is 1. The molecule has 1 aromatic carbocycles. The predicted octanol–water partition coefficient (Wildman–Crippen LogP) is 1.41. The first kappa shape index (κ1) is 19.9. The first-order valence-electron chi connectivity index (χ1n) is 9.53. The van der Waals surface area contributed by atoms with Crippen LogP contribution in [-0.2, 0) is 20.9 Å². The summed E-state index contributed by atoms with van der Waals surface area (Å²) >= 11 is 0. The Hall–Kier alpha value is -2.90. The van der Waals surface area contributed by atoms with Gasteiger partial charge >= 0.3 is 5.97 Å². The molecule has 1 fully saturated rings. The van der Waals surface area contributed by atoms with Crippen LogP contribution in [0.3, 0.4) is 0 Å². The third-order valence-corrected chi connectivity index (χ3v) is 5.27. The summed E-state index contributed by atoms with van der Waals surface area (Å²) in [5.41, 5.74) is -0.965. The molecule has 1 aliphatic heterocycles. The molecule has 0 aliphatic carbocycles. The lowest BCUT2D eigenvalue weighted by Crippen LogP contribution is -2.51. The van der Waals surface area contributed by atoms with E-state index in [0.717, 1.165) is 23.9 Å². The topological polar surface area (TPSA) is 101 Å². The van der Waals surface area contributed by atoms with Crippen LogP contribution in [-0.4, -0.2) is 44.7 Å². The number of fused-ring (bicyclic) bond motifs is 1. The number of piperidine rings is 1. The maximum absolute atomic E-state index is 12.7. The van der Waals surface area contributed by atoms with E-state index in [2.05, 4.69) is 5.10 Å². The number of likely N-dealkylation sites (tertiary alicyclic amines) is 1. The van der Waals surface area contributed by atoms with Crippen LogP contribution >= 0.6 is 0 Å². The van der Waals surface area contributed by atoms with E-state index in [-0.39, 0.29) is 28.8 Å². The smallest absolute Gasteiger partial charge is 0.328 e. The van der Waals surface area contributed by atoms with E-state index in [1.807, 2.05) is 13.8 Å². The Labute approximate surface area is 162 Å². The van der Waals surface area contributed by atoms with Crippen LogP contribution in [0.15, 0.2) is 33.9 Å². The largest absolute Gasteiger partial charge is 0.451 e. The molecule has 0 unspecified atom stereocenters. The highest BCUT2D eigenvalue weighted by Gasteiger charge is 2.33. The van der Waals surface area contributed by atoms with E-state index < -0.39 is 29.7 Å². The maximum atomic E-state index is 12.7. The molecule has 0 saturated carbocycles. The minimum absolute atomic E-state index is 0.0943. The predicted molar refractivity (Wildman–Crippen MR) is 104 cm³/mol. The van der Waals surface area contributed by atoms with Crippen molar-refractivity contribution < 1.29 is 14.3 Å². The summed E-state index contributed by atoms with van der Waals surface area (Å²) in [4.78, 5) is 51.4. The van der Waals surface area contributed by atoms with Crippen LogP contribution in [0.1, 0.15) is 40.0 Å². The molecule has 8 nitrogen and oxygen atoms in total. The van der Waals surface area contributed by atoms with Gasteiger partial charge in [-0.25, -0.2) is 4.68 Å². The van der Waals surface area contributed by atoms with Crippen LogP contribution in [0.25, 0.3) is 10.8 Å². The molecule has 8 heteroatoms. The fraction of sp³-hybridized carbons (Fsp3) is 0.500. The van der Waals surface area contributed by atoms with Gasteiger partial charge in [0, 0.05) is 12.1 Å². The Morgan fingerprint density at radius 1 is 1.14 bits per heavy atom. The molecular formula is C20H25N3O5. The number of H-pyrrole nitrogens is 1. The molecule has 1 aliphatic rings. The third kappa shape index (κ3) is 3.85. The average molecular weight is 387 g/mol. The van der Waals surface area contributed by atoms with Gasteiger partial charge in [-0.15, -0.1) is 0 Å². The molecule has 150 valence electrons. The molecule has 1 saturated heterocycles. The van der Waals surface area contributed by atoms with Gasteiger partial charge in [-0.2, -0.15) is 0 Å². The van der Waals surface area contributed by atoms with Gasteiger partial charge in [0.25, 0.3) is 17.0 Å². The standard InChI is InChI=1S/C20H25N3O5/c1-12-7-6-8-13(2)23(12)19(26)14(3)28-17(24)11-22-20(27)16-10-5-4-9-15(16)18(25)21-22/h4-5,9-10,12-14H,6-8,11H2,1-3H3,(H,21,25)/t12-,13+,14-/m1/s1. The van der Waals surface area contributed by atoms with Crippen LogP contribution in [0.2, 0.25) is 0 Å². The van der Waals surface area contributed by atoms with Gasteiger partial charge in [0.15, 0.2) is 6.10 Å². The highest BCUT2D eigenvalue weighted by Crippen LogP contribution is 2.23. The van der Waals surface area contributed by atoms with Crippen molar-refractivity contribution in [1.82, 2.24) is 14.7 Å². The molecule has 2 aromatic rings. The highest BCUT2D eigenvalue weighted by atomic mass is 16.5. The number of nitrogens with zero attached hydrogens (tertiary/aromatic N) is 2. The zero-order valence-electron chi connectivity index (χ0n) is 16.3. The number of rotatable bonds is 4. The summed E-state index contributed by atoms with van der Waals surface area (Å²) in [6.07, 6.45) is 1.95. The molecule has 3 atom stereocenters. The van der Waals surface area contributed by atoms with Crippen molar-refractivity contribution in [3.05, 3.63) is 45.0 Å². The van der Waals surface area contributed by atoms with Crippen LogP contribution in [0, 0.1) is 0 Å². The molecule has 1 N–H and O–H groups in total. The summed E-state index contributed by atoms with van der Waals surface area (Å²) in [7, 11) is 0. The first-order valence-corrected chi connectivity index (χ1v) is 9.53. The highest BCUT2D eigenvalue weighted by molar-refractivity contribution is 5.84. The van der Waals surface area contributed by atoms with Gasteiger partial charge < -0.3 is 9.64 Å². The Morgan fingerprint density at radius 3 is 2.39 bits per heavy atom. The summed E-state index contributed by atoms with van der Waals surface area (Å²) in [5.74, 6) is -1.00. The summed E-state index contributed by atoms with van der Waals surface area (Å²) in [6.45, 7) is 5.03. The molecule has 1 aromatic heterocycles. The number of aromatic nitrogens is 2. The monoisotopic (exact) mass is 387 g/mol. The number of carbonyl (C=O) groups excluding carboxylic acids is 2. The second-order valence-electron chi connectivity index (χ2n) is 7.38. The van der Waals surface area contributed by atoms with Crippen LogP contribution in [0.5, 0.6) is 0 Å². The van der Waals surface area contributed by atoms with Gasteiger partial charge in [-0.1, -0.05) is 12.1 Å². The van der Waals surface area contributed by atoms with E-state index in [1.165, 1.54) is 13.0 Å². The molecule has 1 amide bonds. The van der Waals surface area contributed by atoms with E-state index in [4.69, 9.17) is 4.74 Å². The number of benzene rings is 1. The minimum Gasteiger partial charge on any atom is -0.451 e. The van der Waals surface area contributed by atoms with Gasteiger partial charge in [0.2, 0.25) is 0 Å².